The topological polar surface area (TPSA) is 41.6 Å². The molecule has 4 unspecified atom stereocenters. The van der Waals surface area contributed by atoms with Crippen molar-refractivity contribution >= 4 is 5.91 Å². The predicted octanol–water partition coefficient (Wildman–Crippen LogP) is 2.24. The molecule has 19 heavy (non-hydrogen) atoms. The van der Waals surface area contributed by atoms with Gasteiger partial charge in [0.25, 0.3) is 0 Å². The molecule has 0 aromatic rings. The standard InChI is InChI=1S/C15H30N2O2/c1-7-11(5)14-15(18)17(13(8-2)16-14)12(9-19-6)10(3)4/h10-14,16H,7-9H2,1-6H3. The Bertz CT molecular complexity index is 294. The molecular weight excluding hydrogens is 240 g/mol. The summed E-state index contributed by atoms with van der Waals surface area (Å²) in [4.78, 5) is 14.7. The van der Waals surface area contributed by atoms with Crippen LogP contribution < -0.4 is 5.32 Å². The molecular formula is C15H30N2O2. The normalized spacial score (nSPS) is 27.1. The Kier molecular flexibility index (Phi) is 6.27. The highest BCUT2D eigenvalue weighted by atomic mass is 16.5. The average molecular weight is 270 g/mol. The molecule has 0 aromatic carbocycles. The number of carbonyl (C=O) groups excluding carboxylic acids is 1. The molecule has 1 heterocycles. The van der Waals surface area contributed by atoms with Crippen LogP contribution in [0, 0.1) is 11.8 Å². The monoisotopic (exact) mass is 270 g/mol. The van der Waals surface area contributed by atoms with Crippen LogP contribution in [0.1, 0.15) is 47.5 Å². The third kappa shape index (κ3) is 3.48. The van der Waals surface area contributed by atoms with E-state index < -0.39 is 0 Å². The van der Waals surface area contributed by atoms with Crippen LogP contribution in [-0.4, -0.2) is 42.8 Å². The number of hydrogen-bond acceptors (Lipinski definition) is 3. The van der Waals surface area contributed by atoms with E-state index in [0.29, 0.717) is 18.4 Å². The molecule has 4 nitrogen and oxygen atoms in total. The van der Waals surface area contributed by atoms with Crippen molar-refractivity contribution in [3.8, 4) is 0 Å². The van der Waals surface area contributed by atoms with Crippen molar-refractivity contribution in [2.24, 2.45) is 11.8 Å². The Labute approximate surface area is 117 Å². The summed E-state index contributed by atoms with van der Waals surface area (Å²) in [5.74, 6) is 1.02. The van der Waals surface area contributed by atoms with Crippen LogP contribution in [0.2, 0.25) is 0 Å². The predicted molar refractivity (Wildman–Crippen MR) is 77.8 cm³/mol. The summed E-state index contributed by atoms with van der Waals surface area (Å²) in [5.41, 5.74) is 0. The second-order valence-electron chi connectivity index (χ2n) is 5.97. The molecule has 0 spiro atoms. The highest BCUT2D eigenvalue weighted by molar-refractivity contribution is 5.85. The van der Waals surface area contributed by atoms with Gasteiger partial charge in [-0.3, -0.25) is 10.1 Å². The number of amides is 1. The molecule has 1 amide bonds. The van der Waals surface area contributed by atoms with E-state index in [1.54, 1.807) is 7.11 Å². The van der Waals surface area contributed by atoms with Gasteiger partial charge in [0, 0.05) is 7.11 Å². The first-order chi connectivity index (χ1) is 8.97. The molecule has 0 bridgehead atoms. The average Bonchev–Trinajstić information content (AvgIpc) is 2.71. The molecule has 4 atom stereocenters. The zero-order valence-electron chi connectivity index (χ0n) is 13.3. The van der Waals surface area contributed by atoms with Crippen molar-refractivity contribution in [1.29, 1.82) is 0 Å². The lowest BCUT2D eigenvalue weighted by Crippen LogP contribution is -2.49. The Morgan fingerprint density at radius 1 is 1.32 bits per heavy atom. The van der Waals surface area contributed by atoms with Gasteiger partial charge in [-0.25, -0.2) is 0 Å². The lowest BCUT2D eigenvalue weighted by molar-refractivity contribution is -0.135. The van der Waals surface area contributed by atoms with Gasteiger partial charge in [0.2, 0.25) is 5.91 Å². The summed E-state index contributed by atoms with van der Waals surface area (Å²) in [6.45, 7) is 11.3. The van der Waals surface area contributed by atoms with Gasteiger partial charge in [0.15, 0.2) is 0 Å². The lowest BCUT2D eigenvalue weighted by atomic mass is 9.98. The third-order valence-corrected chi connectivity index (χ3v) is 4.29. The van der Waals surface area contributed by atoms with Crippen LogP contribution in [0.3, 0.4) is 0 Å². The van der Waals surface area contributed by atoms with Gasteiger partial charge in [-0.05, 0) is 18.3 Å². The van der Waals surface area contributed by atoms with Crippen molar-refractivity contribution in [3.05, 3.63) is 0 Å². The highest BCUT2D eigenvalue weighted by Gasteiger charge is 2.43. The number of carbonyl (C=O) groups is 1. The van der Waals surface area contributed by atoms with Crippen LogP contribution in [0.15, 0.2) is 0 Å². The second kappa shape index (κ2) is 7.25. The van der Waals surface area contributed by atoms with Crippen molar-refractivity contribution < 1.29 is 9.53 Å². The number of ether oxygens (including phenoxy) is 1. The number of nitrogens with one attached hydrogen (secondary N) is 1. The number of hydrogen-bond donors (Lipinski definition) is 1. The van der Waals surface area contributed by atoms with E-state index in [-0.39, 0.29) is 24.2 Å². The first-order valence-corrected chi connectivity index (χ1v) is 7.54. The van der Waals surface area contributed by atoms with Crippen LogP contribution in [-0.2, 0) is 9.53 Å². The molecule has 1 aliphatic heterocycles. The van der Waals surface area contributed by atoms with E-state index in [9.17, 15) is 4.79 Å². The van der Waals surface area contributed by atoms with Gasteiger partial charge in [-0.15, -0.1) is 0 Å². The maximum atomic E-state index is 12.7. The molecule has 1 aliphatic rings. The summed E-state index contributed by atoms with van der Waals surface area (Å²) < 4.78 is 5.32. The fraction of sp³-hybridized carbons (Fsp3) is 0.933. The van der Waals surface area contributed by atoms with E-state index in [4.69, 9.17) is 4.74 Å². The van der Waals surface area contributed by atoms with E-state index in [1.165, 1.54) is 0 Å². The number of nitrogens with zero attached hydrogens (tertiary/aromatic N) is 1. The smallest absolute Gasteiger partial charge is 0.241 e. The van der Waals surface area contributed by atoms with Crippen LogP contribution in [0.4, 0.5) is 0 Å². The zero-order valence-corrected chi connectivity index (χ0v) is 13.3. The SMILES string of the molecule is CCC(C)C1NC(CC)N(C(COC)C(C)C)C1=O. The summed E-state index contributed by atoms with van der Waals surface area (Å²) in [6.07, 6.45) is 2.10. The van der Waals surface area contributed by atoms with Crippen LogP contribution >= 0.6 is 0 Å². The van der Waals surface area contributed by atoms with Crippen molar-refractivity contribution in [1.82, 2.24) is 10.2 Å². The van der Waals surface area contributed by atoms with Gasteiger partial charge in [-0.2, -0.15) is 0 Å². The van der Waals surface area contributed by atoms with Crippen LogP contribution in [0.25, 0.3) is 0 Å². The van der Waals surface area contributed by atoms with Crippen molar-refractivity contribution in [3.63, 3.8) is 0 Å². The second-order valence-corrected chi connectivity index (χ2v) is 5.97. The Morgan fingerprint density at radius 3 is 2.37 bits per heavy atom. The summed E-state index contributed by atoms with van der Waals surface area (Å²) in [6, 6.07) is 0.122. The summed E-state index contributed by atoms with van der Waals surface area (Å²) in [5, 5.41) is 3.51. The maximum Gasteiger partial charge on any atom is 0.241 e. The Hall–Kier alpha value is -0.610. The van der Waals surface area contributed by atoms with E-state index in [1.807, 2.05) is 4.90 Å². The first kappa shape index (κ1) is 16.4. The molecule has 4 heteroatoms. The minimum atomic E-state index is -0.0342. The largest absolute Gasteiger partial charge is 0.383 e. The fourth-order valence-electron chi connectivity index (χ4n) is 2.79. The molecule has 112 valence electrons. The minimum absolute atomic E-state index is 0.0342. The summed E-state index contributed by atoms with van der Waals surface area (Å²) >= 11 is 0. The molecule has 1 fully saturated rings. The minimum Gasteiger partial charge on any atom is -0.383 e. The fourth-order valence-corrected chi connectivity index (χ4v) is 2.79. The highest BCUT2D eigenvalue weighted by Crippen LogP contribution is 2.26. The van der Waals surface area contributed by atoms with Crippen molar-refractivity contribution in [2.45, 2.75) is 65.7 Å². The number of methoxy groups -OCH3 is 1. The molecule has 1 saturated heterocycles. The van der Waals surface area contributed by atoms with Gasteiger partial charge >= 0.3 is 0 Å². The molecule has 0 aromatic heterocycles. The molecule has 0 saturated carbocycles. The van der Waals surface area contributed by atoms with Crippen molar-refractivity contribution in [2.75, 3.05) is 13.7 Å². The lowest BCUT2D eigenvalue weighted by Gasteiger charge is -2.34. The Morgan fingerprint density at radius 2 is 1.95 bits per heavy atom. The third-order valence-electron chi connectivity index (χ3n) is 4.29. The van der Waals surface area contributed by atoms with Gasteiger partial charge < -0.3 is 9.64 Å². The molecule has 0 radical (unpaired) electrons. The van der Waals surface area contributed by atoms with E-state index in [2.05, 4.69) is 39.9 Å². The first-order valence-electron chi connectivity index (χ1n) is 7.54. The maximum absolute atomic E-state index is 12.7. The molecule has 0 aliphatic carbocycles. The Balaban J connectivity index is 2.92. The summed E-state index contributed by atoms with van der Waals surface area (Å²) in [7, 11) is 1.70. The van der Waals surface area contributed by atoms with E-state index >= 15 is 0 Å². The van der Waals surface area contributed by atoms with Gasteiger partial charge in [0.1, 0.15) is 0 Å². The molecule has 1 rings (SSSR count). The van der Waals surface area contributed by atoms with Crippen LogP contribution in [0.5, 0.6) is 0 Å². The van der Waals surface area contributed by atoms with Gasteiger partial charge in [0.05, 0.1) is 24.9 Å². The van der Waals surface area contributed by atoms with E-state index in [0.717, 1.165) is 12.8 Å². The number of rotatable bonds is 7. The molecule has 1 N–H and O–H groups in total. The van der Waals surface area contributed by atoms with Gasteiger partial charge in [-0.1, -0.05) is 41.0 Å². The zero-order chi connectivity index (χ0) is 14.6. The quantitative estimate of drug-likeness (QED) is 0.771.